The molecule has 0 unspecified atom stereocenters. The summed E-state index contributed by atoms with van der Waals surface area (Å²) in [4.78, 5) is 3.93. The van der Waals surface area contributed by atoms with Gasteiger partial charge in [-0.3, -0.25) is 15.2 Å². The van der Waals surface area contributed by atoms with Crippen LogP contribution in [0.1, 0.15) is 0 Å². The van der Waals surface area contributed by atoms with E-state index in [2.05, 4.69) is 30.5 Å². The molecule has 27 heavy (non-hydrogen) atoms. The summed E-state index contributed by atoms with van der Waals surface area (Å²) in [5.74, 6) is 0. The Morgan fingerprint density at radius 2 is 1.44 bits per heavy atom. The number of nitrogens with zero attached hydrogens (tertiary/aromatic N) is 5. The monoisotopic (exact) mass is 355 g/mol. The largest absolute Gasteiger partial charge is 0.278 e. The summed E-state index contributed by atoms with van der Waals surface area (Å²) < 4.78 is 1.83. The Balaban J connectivity index is 0.0000001000. The molecule has 0 radical (unpaired) electrons. The average Bonchev–Trinajstić information content (AvgIpc) is 3.48. The fourth-order valence-electron chi connectivity index (χ4n) is 2.53. The predicted molar refractivity (Wildman–Crippen MR) is 105 cm³/mol. The van der Waals surface area contributed by atoms with Crippen molar-refractivity contribution in [1.82, 2.24) is 35.0 Å². The minimum absolute atomic E-state index is 1.03. The molecule has 0 aliphatic carbocycles. The van der Waals surface area contributed by atoms with Crippen LogP contribution in [0.15, 0.2) is 91.8 Å². The van der Waals surface area contributed by atoms with Crippen molar-refractivity contribution < 1.29 is 0 Å². The summed E-state index contributed by atoms with van der Waals surface area (Å²) in [6.07, 6.45) is 10.8. The number of H-pyrrole nitrogens is 2. The van der Waals surface area contributed by atoms with Crippen LogP contribution < -0.4 is 0 Å². The SMILES string of the molecule is c1cc2[nH]ncc2cn1.c1ccc2[nH]ncc2c1.c1ccn2nccc2c1. The van der Waals surface area contributed by atoms with Gasteiger partial charge in [0.2, 0.25) is 0 Å². The molecule has 1 aromatic carbocycles. The van der Waals surface area contributed by atoms with Crippen molar-refractivity contribution in [2.45, 2.75) is 0 Å². The molecule has 5 aromatic heterocycles. The number of nitrogens with one attached hydrogen (secondary N) is 2. The first-order valence-corrected chi connectivity index (χ1v) is 8.40. The van der Waals surface area contributed by atoms with E-state index in [9.17, 15) is 0 Å². The minimum Gasteiger partial charge on any atom is -0.278 e. The third-order valence-corrected chi connectivity index (χ3v) is 3.90. The molecule has 6 aromatic rings. The van der Waals surface area contributed by atoms with Gasteiger partial charge in [-0.05, 0) is 30.3 Å². The van der Waals surface area contributed by atoms with Gasteiger partial charge in [0.15, 0.2) is 0 Å². The molecule has 0 bridgehead atoms. The number of pyridine rings is 2. The van der Waals surface area contributed by atoms with E-state index >= 15 is 0 Å². The Labute approximate surface area is 154 Å². The summed E-state index contributed by atoms with van der Waals surface area (Å²) >= 11 is 0. The third-order valence-electron chi connectivity index (χ3n) is 3.90. The maximum absolute atomic E-state index is 4.04. The number of fused-ring (bicyclic) bond motifs is 3. The summed E-state index contributed by atoms with van der Waals surface area (Å²) in [7, 11) is 0. The van der Waals surface area contributed by atoms with E-state index in [4.69, 9.17) is 0 Å². The first-order chi connectivity index (χ1) is 13.4. The van der Waals surface area contributed by atoms with Crippen LogP contribution in [0.3, 0.4) is 0 Å². The zero-order valence-corrected chi connectivity index (χ0v) is 14.4. The van der Waals surface area contributed by atoms with Crippen LogP contribution >= 0.6 is 0 Å². The molecule has 0 spiro atoms. The zero-order chi connectivity index (χ0) is 18.3. The number of hydrogen-bond acceptors (Lipinski definition) is 4. The van der Waals surface area contributed by atoms with E-state index in [1.54, 1.807) is 24.8 Å². The Bertz CT molecular complexity index is 1000. The Morgan fingerprint density at radius 1 is 0.667 bits per heavy atom. The lowest BCUT2D eigenvalue weighted by atomic mass is 10.3. The second-order valence-electron chi connectivity index (χ2n) is 5.69. The van der Waals surface area contributed by atoms with Crippen molar-refractivity contribution >= 4 is 27.3 Å². The van der Waals surface area contributed by atoms with Crippen molar-refractivity contribution in [3.63, 3.8) is 0 Å². The summed E-state index contributed by atoms with van der Waals surface area (Å²) in [5, 5.41) is 19.7. The Kier molecular flexibility index (Phi) is 4.83. The van der Waals surface area contributed by atoms with Gasteiger partial charge in [0.05, 0.1) is 28.9 Å². The van der Waals surface area contributed by atoms with E-state index in [0.29, 0.717) is 0 Å². The normalized spacial score (nSPS) is 10.2. The van der Waals surface area contributed by atoms with Crippen LogP contribution in [-0.4, -0.2) is 35.0 Å². The summed E-state index contributed by atoms with van der Waals surface area (Å²) in [6, 6.07) is 17.9. The minimum atomic E-state index is 1.03. The molecule has 0 atom stereocenters. The maximum atomic E-state index is 4.04. The van der Waals surface area contributed by atoms with Crippen molar-refractivity contribution in [2.24, 2.45) is 0 Å². The molecule has 0 amide bonds. The van der Waals surface area contributed by atoms with Gasteiger partial charge in [-0.15, -0.1) is 0 Å². The smallest absolute Gasteiger partial charge is 0.0681 e. The third kappa shape index (κ3) is 3.98. The molecule has 0 aliphatic heterocycles. The second kappa shape index (κ2) is 7.92. The van der Waals surface area contributed by atoms with Crippen molar-refractivity contribution in [1.29, 1.82) is 0 Å². The standard InChI is InChI=1S/2C7H6N2.C6H5N3/c1-2-6-9-7(3-1)4-5-8-9;1-2-4-7-6(3-1)5-8-9-7;1-2-7-3-5-4-8-9-6(1)5/h1-6H;1-5H,(H,8,9);1-4H,(H,8,9). The molecule has 2 N–H and O–H groups in total. The van der Waals surface area contributed by atoms with Crippen LogP contribution in [0.4, 0.5) is 0 Å². The van der Waals surface area contributed by atoms with Gasteiger partial charge in [-0.1, -0.05) is 24.3 Å². The molecule has 132 valence electrons. The van der Waals surface area contributed by atoms with Gasteiger partial charge in [0, 0.05) is 35.6 Å². The fourth-order valence-corrected chi connectivity index (χ4v) is 2.53. The van der Waals surface area contributed by atoms with Crippen LogP contribution in [-0.2, 0) is 0 Å². The molecule has 0 fully saturated rings. The fraction of sp³-hybridized carbons (Fsp3) is 0. The average molecular weight is 355 g/mol. The lowest BCUT2D eigenvalue weighted by Gasteiger charge is -1.86. The highest BCUT2D eigenvalue weighted by molar-refractivity contribution is 5.77. The van der Waals surface area contributed by atoms with Gasteiger partial charge < -0.3 is 0 Å². The van der Waals surface area contributed by atoms with Crippen LogP contribution in [0.5, 0.6) is 0 Å². The highest BCUT2D eigenvalue weighted by Gasteiger charge is 1.89. The Morgan fingerprint density at radius 3 is 2.26 bits per heavy atom. The summed E-state index contributed by atoms with van der Waals surface area (Å²) in [6.45, 7) is 0. The molecule has 6 rings (SSSR count). The van der Waals surface area contributed by atoms with Crippen LogP contribution in [0, 0.1) is 0 Å². The van der Waals surface area contributed by atoms with E-state index in [1.807, 2.05) is 71.5 Å². The quantitative estimate of drug-likeness (QED) is 0.433. The number of benzene rings is 1. The van der Waals surface area contributed by atoms with Crippen LogP contribution in [0.25, 0.3) is 27.3 Å². The van der Waals surface area contributed by atoms with Crippen molar-refractivity contribution in [3.05, 3.63) is 91.8 Å². The van der Waals surface area contributed by atoms with E-state index in [1.165, 1.54) is 0 Å². The molecule has 7 nitrogen and oxygen atoms in total. The van der Waals surface area contributed by atoms with Crippen molar-refractivity contribution in [2.75, 3.05) is 0 Å². The molecule has 0 aliphatic rings. The first kappa shape index (κ1) is 16.5. The van der Waals surface area contributed by atoms with Gasteiger partial charge in [0.25, 0.3) is 0 Å². The Hall–Kier alpha value is -4.00. The molecule has 0 saturated heterocycles. The summed E-state index contributed by atoms with van der Waals surface area (Å²) in [5.41, 5.74) is 3.26. The topological polar surface area (TPSA) is 87.5 Å². The second-order valence-corrected chi connectivity index (χ2v) is 5.69. The van der Waals surface area contributed by atoms with Gasteiger partial charge in [-0.25, -0.2) is 4.52 Å². The van der Waals surface area contributed by atoms with Crippen LogP contribution in [0.2, 0.25) is 0 Å². The highest BCUT2D eigenvalue weighted by atomic mass is 15.2. The van der Waals surface area contributed by atoms with Crippen molar-refractivity contribution in [3.8, 4) is 0 Å². The molecular formula is C20H17N7. The highest BCUT2D eigenvalue weighted by Crippen LogP contribution is 2.07. The number of aromatic amines is 2. The zero-order valence-electron chi connectivity index (χ0n) is 14.4. The molecule has 7 heteroatoms. The van der Waals surface area contributed by atoms with Gasteiger partial charge >= 0.3 is 0 Å². The molecular weight excluding hydrogens is 338 g/mol. The lowest BCUT2D eigenvalue weighted by molar-refractivity contribution is 0.961. The van der Waals surface area contributed by atoms with E-state index < -0.39 is 0 Å². The maximum Gasteiger partial charge on any atom is 0.0681 e. The molecule has 5 heterocycles. The molecule has 0 saturated carbocycles. The number of aromatic nitrogens is 7. The van der Waals surface area contributed by atoms with E-state index in [-0.39, 0.29) is 0 Å². The number of rotatable bonds is 0. The number of para-hydroxylation sites is 1. The first-order valence-electron chi connectivity index (χ1n) is 8.40. The number of hydrogen-bond donors (Lipinski definition) is 2. The lowest BCUT2D eigenvalue weighted by Crippen LogP contribution is -1.81. The van der Waals surface area contributed by atoms with Gasteiger partial charge in [-0.2, -0.15) is 15.3 Å². The predicted octanol–water partition coefficient (Wildman–Crippen LogP) is 3.86. The van der Waals surface area contributed by atoms with E-state index in [0.717, 1.165) is 27.3 Å². The van der Waals surface area contributed by atoms with Gasteiger partial charge in [0.1, 0.15) is 0 Å².